The van der Waals surface area contributed by atoms with Gasteiger partial charge in [-0.05, 0) is 49.4 Å². The van der Waals surface area contributed by atoms with Crippen molar-refractivity contribution >= 4 is 27.5 Å². The van der Waals surface area contributed by atoms with Gasteiger partial charge in [0.2, 0.25) is 15.9 Å². The first-order valence-electron chi connectivity index (χ1n) is 9.92. The number of hydrogen-bond donors (Lipinski definition) is 1. The number of benzene rings is 1. The molecule has 0 spiro atoms. The molecule has 1 aliphatic rings. The lowest BCUT2D eigenvalue weighted by Crippen LogP contribution is -2.51. The van der Waals surface area contributed by atoms with Crippen molar-refractivity contribution in [2.75, 3.05) is 13.1 Å². The molecule has 0 radical (unpaired) electrons. The predicted molar refractivity (Wildman–Crippen MR) is 114 cm³/mol. The smallest absolute Gasteiger partial charge is 0.242 e. The van der Waals surface area contributed by atoms with Crippen LogP contribution in [0.2, 0.25) is 5.02 Å². The van der Waals surface area contributed by atoms with Crippen molar-refractivity contribution in [2.24, 2.45) is 5.92 Å². The summed E-state index contributed by atoms with van der Waals surface area (Å²) in [7, 11) is -4.00. The van der Waals surface area contributed by atoms with Crippen LogP contribution in [0, 0.1) is 17.2 Å². The Bertz CT molecular complexity index is 1040. The third-order valence-corrected chi connectivity index (χ3v) is 7.39. The highest BCUT2D eigenvalue weighted by Gasteiger charge is 2.31. The summed E-state index contributed by atoms with van der Waals surface area (Å²) < 4.78 is 30.2. The second-order valence-corrected chi connectivity index (χ2v) is 9.69. The van der Waals surface area contributed by atoms with Gasteiger partial charge < -0.3 is 9.47 Å². The normalized spacial score (nSPS) is 16.2. The third kappa shape index (κ3) is 5.22. The third-order valence-electron chi connectivity index (χ3n) is 5.42. The van der Waals surface area contributed by atoms with Gasteiger partial charge in [-0.3, -0.25) is 4.79 Å². The van der Waals surface area contributed by atoms with Crippen molar-refractivity contribution in [1.82, 2.24) is 14.2 Å². The molecule has 7 nitrogen and oxygen atoms in total. The Hall–Kier alpha value is -2.34. The van der Waals surface area contributed by atoms with Crippen molar-refractivity contribution in [3.8, 4) is 6.07 Å². The molecule has 1 unspecified atom stereocenters. The fourth-order valence-corrected chi connectivity index (χ4v) is 5.32. The van der Waals surface area contributed by atoms with Gasteiger partial charge in [0.1, 0.15) is 22.7 Å². The van der Waals surface area contributed by atoms with Crippen LogP contribution in [0.25, 0.3) is 0 Å². The van der Waals surface area contributed by atoms with E-state index in [4.69, 9.17) is 11.6 Å². The van der Waals surface area contributed by atoms with E-state index in [0.717, 1.165) is 12.8 Å². The highest BCUT2D eigenvalue weighted by atomic mass is 35.5. The summed E-state index contributed by atoms with van der Waals surface area (Å²) in [4.78, 5) is 14.9. The largest absolute Gasteiger partial charge is 0.341 e. The van der Waals surface area contributed by atoms with Gasteiger partial charge in [0.05, 0.1) is 5.02 Å². The van der Waals surface area contributed by atoms with Gasteiger partial charge >= 0.3 is 0 Å². The highest BCUT2D eigenvalue weighted by Crippen LogP contribution is 2.22. The number of hydrogen-bond acceptors (Lipinski definition) is 4. The number of amides is 1. The Morgan fingerprint density at radius 2 is 1.97 bits per heavy atom. The predicted octanol–water partition coefficient (Wildman–Crippen LogP) is 3.01. The molecule has 2 aromatic rings. The molecule has 9 heteroatoms. The van der Waals surface area contributed by atoms with Crippen LogP contribution in [0.3, 0.4) is 0 Å². The number of carbonyl (C=O) groups excluding carboxylic acids is 1. The number of nitriles is 1. The minimum absolute atomic E-state index is 0.0598. The first kappa shape index (κ1) is 22.3. The van der Waals surface area contributed by atoms with Gasteiger partial charge in [-0.15, -0.1) is 0 Å². The molecule has 1 aromatic carbocycles. The van der Waals surface area contributed by atoms with Crippen LogP contribution in [0.4, 0.5) is 0 Å². The van der Waals surface area contributed by atoms with Crippen LogP contribution < -0.4 is 4.72 Å². The zero-order chi connectivity index (χ0) is 21.7. The molecule has 1 aliphatic heterocycles. The molecular formula is C21H25ClN4O3S. The van der Waals surface area contributed by atoms with Crippen molar-refractivity contribution in [3.05, 3.63) is 53.3 Å². The summed E-state index contributed by atoms with van der Waals surface area (Å²) >= 11 is 6.08. The zero-order valence-electron chi connectivity index (χ0n) is 16.8. The summed E-state index contributed by atoms with van der Waals surface area (Å²) in [5, 5.41) is 9.30. The summed E-state index contributed by atoms with van der Waals surface area (Å²) in [6.45, 7) is 3.70. The number of likely N-dealkylation sites (tertiary alicyclic amines) is 1. The lowest BCUT2D eigenvalue weighted by Gasteiger charge is -2.33. The maximum atomic E-state index is 13.2. The summed E-state index contributed by atoms with van der Waals surface area (Å²) in [5.41, 5.74) is 0.460. The lowest BCUT2D eigenvalue weighted by atomic mass is 9.98. The number of halogens is 1. The second-order valence-electron chi connectivity index (χ2n) is 7.60. The lowest BCUT2D eigenvalue weighted by molar-refractivity contribution is -0.134. The Balaban J connectivity index is 1.82. The molecule has 2 heterocycles. The molecular weight excluding hydrogens is 424 g/mol. The number of aryl methyl sites for hydroxylation is 1. The van der Waals surface area contributed by atoms with Gasteiger partial charge in [0.25, 0.3) is 0 Å². The van der Waals surface area contributed by atoms with E-state index in [0.29, 0.717) is 31.2 Å². The van der Waals surface area contributed by atoms with E-state index in [1.807, 2.05) is 0 Å². The first-order valence-corrected chi connectivity index (χ1v) is 11.8. The molecule has 1 fully saturated rings. The number of aromatic nitrogens is 1. The van der Waals surface area contributed by atoms with E-state index >= 15 is 0 Å². The highest BCUT2D eigenvalue weighted by molar-refractivity contribution is 7.89. The van der Waals surface area contributed by atoms with Crippen LogP contribution in [-0.4, -0.2) is 42.9 Å². The summed E-state index contributed by atoms with van der Waals surface area (Å²) in [6, 6.07) is 10.7. The van der Waals surface area contributed by atoms with Crippen LogP contribution in [0.5, 0.6) is 0 Å². The molecule has 1 atom stereocenters. The molecule has 1 saturated heterocycles. The topological polar surface area (TPSA) is 95.2 Å². The van der Waals surface area contributed by atoms with E-state index in [9.17, 15) is 18.5 Å². The van der Waals surface area contributed by atoms with Gasteiger partial charge in [0.15, 0.2) is 0 Å². The zero-order valence-corrected chi connectivity index (χ0v) is 18.4. The average molecular weight is 449 g/mol. The number of rotatable bonds is 7. The van der Waals surface area contributed by atoms with Gasteiger partial charge in [0, 0.05) is 25.8 Å². The summed E-state index contributed by atoms with van der Waals surface area (Å²) in [5.74, 6) is 0.300. The maximum Gasteiger partial charge on any atom is 0.242 e. The summed E-state index contributed by atoms with van der Waals surface area (Å²) in [6.07, 6.45) is 3.75. The molecule has 30 heavy (non-hydrogen) atoms. The first-order chi connectivity index (χ1) is 14.3. The molecule has 1 amide bonds. The monoisotopic (exact) mass is 448 g/mol. The van der Waals surface area contributed by atoms with Crippen LogP contribution in [0.15, 0.2) is 47.5 Å². The molecule has 0 aliphatic carbocycles. The molecule has 0 saturated carbocycles. The minimum Gasteiger partial charge on any atom is -0.341 e. The Labute approximate surface area is 182 Å². The Kier molecular flexibility index (Phi) is 7.19. The number of nitrogens with one attached hydrogen (secondary N) is 1. The average Bonchev–Trinajstić information content (AvgIpc) is 3.19. The van der Waals surface area contributed by atoms with Crippen molar-refractivity contribution in [3.63, 3.8) is 0 Å². The standard InChI is InChI=1S/C21H25ClN4O3S/c1-16-8-12-26(13-9-16)21(27)19(10-14-25-11-4-5-17(25)15-23)24-30(28,29)20-7-3-2-6-18(20)22/h2-7,11,16,19,24H,8-10,12-14H2,1H3. The van der Waals surface area contributed by atoms with Crippen molar-refractivity contribution < 1.29 is 13.2 Å². The van der Waals surface area contributed by atoms with E-state index in [1.54, 1.807) is 39.9 Å². The molecule has 160 valence electrons. The van der Waals surface area contributed by atoms with E-state index in [1.165, 1.54) is 12.1 Å². The van der Waals surface area contributed by atoms with E-state index < -0.39 is 16.1 Å². The van der Waals surface area contributed by atoms with Crippen molar-refractivity contribution in [2.45, 2.75) is 43.7 Å². The minimum atomic E-state index is -4.00. The number of nitrogens with zero attached hydrogens (tertiary/aromatic N) is 3. The van der Waals surface area contributed by atoms with Crippen molar-refractivity contribution in [1.29, 1.82) is 5.26 Å². The van der Waals surface area contributed by atoms with E-state index in [2.05, 4.69) is 17.7 Å². The quantitative estimate of drug-likeness (QED) is 0.704. The van der Waals surface area contributed by atoms with Crippen LogP contribution in [-0.2, 0) is 21.4 Å². The maximum absolute atomic E-state index is 13.2. The van der Waals surface area contributed by atoms with Gasteiger partial charge in [-0.25, -0.2) is 8.42 Å². The molecule has 0 bridgehead atoms. The number of sulfonamides is 1. The second kappa shape index (κ2) is 9.65. The number of carbonyl (C=O) groups is 1. The van der Waals surface area contributed by atoms with Crippen LogP contribution in [0.1, 0.15) is 31.9 Å². The van der Waals surface area contributed by atoms with Crippen LogP contribution >= 0.6 is 11.6 Å². The fourth-order valence-electron chi connectivity index (χ4n) is 3.57. The fraction of sp³-hybridized carbons (Fsp3) is 0.429. The van der Waals surface area contributed by atoms with E-state index in [-0.39, 0.29) is 22.2 Å². The Morgan fingerprint density at radius 1 is 1.27 bits per heavy atom. The molecule has 1 aromatic heterocycles. The van der Waals surface area contributed by atoms with Gasteiger partial charge in [-0.2, -0.15) is 9.98 Å². The SMILES string of the molecule is CC1CCN(C(=O)C(CCn2cccc2C#N)NS(=O)(=O)c2ccccc2Cl)CC1. The molecule has 1 N–H and O–H groups in total. The van der Waals surface area contributed by atoms with Gasteiger partial charge in [-0.1, -0.05) is 30.7 Å². The molecule has 3 rings (SSSR count). The number of piperidine rings is 1. The Morgan fingerprint density at radius 3 is 2.63 bits per heavy atom.